The van der Waals surface area contributed by atoms with Crippen LogP contribution < -0.4 is 10.5 Å². The van der Waals surface area contributed by atoms with Crippen LogP contribution in [-0.2, 0) is 4.74 Å². The van der Waals surface area contributed by atoms with Gasteiger partial charge in [-0.1, -0.05) is 0 Å². The molecule has 0 spiro atoms. The molecule has 0 fully saturated rings. The summed E-state index contributed by atoms with van der Waals surface area (Å²) in [5.41, 5.74) is 6.48. The number of hydrogen-bond acceptors (Lipinski definition) is 4. The third-order valence-electron chi connectivity index (χ3n) is 2.55. The molecular formula is C12H16N2O2. The van der Waals surface area contributed by atoms with Crippen molar-refractivity contribution < 1.29 is 9.47 Å². The van der Waals surface area contributed by atoms with Gasteiger partial charge < -0.3 is 15.2 Å². The highest BCUT2D eigenvalue weighted by atomic mass is 16.5. The number of hydrogen-bond donors (Lipinski definition) is 1. The Kier molecular flexibility index (Phi) is 3.41. The first-order chi connectivity index (χ1) is 7.83. The van der Waals surface area contributed by atoms with E-state index in [-0.39, 0.29) is 6.04 Å². The first-order valence-corrected chi connectivity index (χ1v) is 5.38. The molecule has 86 valence electrons. The fourth-order valence-corrected chi connectivity index (χ4v) is 1.65. The van der Waals surface area contributed by atoms with E-state index in [1.54, 1.807) is 7.11 Å². The standard InChI is InChI=1S/C12H16N2O2/c1-15-11-4-2-9(3-5-11)12-14-10(6-7-13)8-16-12/h2-5,10H,6-8,13H2,1H3. The van der Waals surface area contributed by atoms with Gasteiger partial charge in [0.2, 0.25) is 5.90 Å². The highest BCUT2D eigenvalue weighted by molar-refractivity contribution is 5.95. The van der Waals surface area contributed by atoms with E-state index in [1.807, 2.05) is 24.3 Å². The molecule has 1 aromatic rings. The number of benzene rings is 1. The lowest BCUT2D eigenvalue weighted by Gasteiger charge is -2.02. The van der Waals surface area contributed by atoms with Crippen molar-refractivity contribution in [2.75, 3.05) is 20.3 Å². The van der Waals surface area contributed by atoms with Crippen molar-refractivity contribution in [3.8, 4) is 5.75 Å². The van der Waals surface area contributed by atoms with E-state index in [4.69, 9.17) is 15.2 Å². The van der Waals surface area contributed by atoms with E-state index in [9.17, 15) is 0 Å². The van der Waals surface area contributed by atoms with E-state index in [0.717, 1.165) is 17.7 Å². The smallest absolute Gasteiger partial charge is 0.216 e. The van der Waals surface area contributed by atoms with Crippen molar-refractivity contribution in [3.63, 3.8) is 0 Å². The van der Waals surface area contributed by atoms with Gasteiger partial charge in [-0.2, -0.15) is 0 Å². The second kappa shape index (κ2) is 4.99. The minimum atomic E-state index is 0.210. The molecule has 0 radical (unpaired) electrons. The Morgan fingerprint density at radius 2 is 2.19 bits per heavy atom. The molecule has 2 rings (SSSR count). The molecule has 0 aliphatic carbocycles. The quantitative estimate of drug-likeness (QED) is 0.829. The maximum absolute atomic E-state index is 5.53. The number of methoxy groups -OCH3 is 1. The molecule has 4 nitrogen and oxygen atoms in total. The molecule has 2 N–H and O–H groups in total. The van der Waals surface area contributed by atoms with Gasteiger partial charge in [-0.25, -0.2) is 4.99 Å². The van der Waals surface area contributed by atoms with E-state index in [1.165, 1.54) is 0 Å². The summed E-state index contributed by atoms with van der Waals surface area (Å²) in [6, 6.07) is 7.90. The lowest BCUT2D eigenvalue weighted by atomic mass is 10.2. The summed E-state index contributed by atoms with van der Waals surface area (Å²) < 4.78 is 10.6. The molecule has 0 saturated carbocycles. The summed E-state index contributed by atoms with van der Waals surface area (Å²) in [4.78, 5) is 4.48. The Labute approximate surface area is 95.1 Å². The van der Waals surface area contributed by atoms with Crippen molar-refractivity contribution in [1.82, 2.24) is 0 Å². The van der Waals surface area contributed by atoms with Crippen LogP contribution >= 0.6 is 0 Å². The second-order valence-corrected chi connectivity index (χ2v) is 3.70. The molecule has 1 aromatic carbocycles. The fourth-order valence-electron chi connectivity index (χ4n) is 1.65. The molecule has 4 heteroatoms. The van der Waals surface area contributed by atoms with Crippen LogP contribution in [0.1, 0.15) is 12.0 Å². The Hall–Kier alpha value is -1.55. The van der Waals surface area contributed by atoms with Crippen LogP contribution in [0.25, 0.3) is 0 Å². The molecule has 1 unspecified atom stereocenters. The van der Waals surface area contributed by atoms with Gasteiger partial charge in [0.1, 0.15) is 12.4 Å². The summed E-state index contributed by atoms with van der Waals surface area (Å²) in [7, 11) is 1.65. The van der Waals surface area contributed by atoms with E-state index in [2.05, 4.69) is 4.99 Å². The van der Waals surface area contributed by atoms with Crippen molar-refractivity contribution in [1.29, 1.82) is 0 Å². The minimum absolute atomic E-state index is 0.210. The van der Waals surface area contributed by atoms with Gasteiger partial charge in [0.25, 0.3) is 0 Å². The van der Waals surface area contributed by atoms with Crippen LogP contribution in [0.2, 0.25) is 0 Å². The average molecular weight is 220 g/mol. The zero-order chi connectivity index (χ0) is 11.4. The minimum Gasteiger partial charge on any atom is -0.497 e. The topological polar surface area (TPSA) is 56.8 Å². The highest BCUT2D eigenvalue weighted by Crippen LogP contribution is 2.17. The number of rotatable bonds is 4. The average Bonchev–Trinajstić information content (AvgIpc) is 2.78. The van der Waals surface area contributed by atoms with Crippen molar-refractivity contribution in [2.24, 2.45) is 10.7 Å². The fraction of sp³-hybridized carbons (Fsp3) is 0.417. The number of nitrogens with two attached hydrogens (primary N) is 1. The van der Waals surface area contributed by atoms with E-state index in [0.29, 0.717) is 19.0 Å². The summed E-state index contributed by atoms with van der Waals surface area (Å²) >= 11 is 0. The van der Waals surface area contributed by atoms with Crippen LogP contribution in [0.4, 0.5) is 0 Å². The van der Waals surface area contributed by atoms with Gasteiger partial charge in [-0.05, 0) is 37.2 Å². The maximum Gasteiger partial charge on any atom is 0.216 e. The maximum atomic E-state index is 5.53. The summed E-state index contributed by atoms with van der Waals surface area (Å²) in [6.45, 7) is 1.28. The Bertz CT molecular complexity index is 373. The normalized spacial score (nSPS) is 19.1. The monoisotopic (exact) mass is 220 g/mol. The first kappa shape index (κ1) is 11.0. The van der Waals surface area contributed by atoms with E-state index < -0.39 is 0 Å². The highest BCUT2D eigenvalue weighted by Gasteiger charge is 2.19. The molecule has 0 aromatic heterocycles. The largest absolute Gasteiger partial charge is 0.497 e. The predicted octanol–water partition coefficient (Wildman–Crippen LogP) is 1.19. The second-order valence-electron chi connectivity index (χ2n) is 3.70. The summed E-state index contributed by atoms with van der Waals surface area (Å²) in [5, 5.41) is 0. The Balaban J connectivity index is 2.09. The molecule has 0 bridgehead atoms. The third kappa shape index (κ3) is 2.33. The molecule has 1 atom stereocenters. The Morgan fingerprint density at radius 3 is 2.81 bits per heavy atom. The third-order valence-corrected chi connectivity index (χ3v) is 2.55. The van der Waals surface area contributed by atoms with Gasteiger partial charge in [0.15, 0.2) is 0 Å². The van der Waals surface area contributed by atoms with Crippen LogP contribution in [0.15, 0.2) is 29.3 Å². The number of aliphatic imine (C=N–C) groups is 1. The summed E-state index contributed by atoms with van der Waals surface area (Å²) in [6.07, 6.45) is 0.875. The molecule has 1 aliphatic heterocycles. The van der Waals surface area contributed by atoms with Crippen LogP contribution in [0.5, 0.6) is 5.75 Å². The lowest BCUT2D eigenvalue weighted by Crippen LogP contribution is -2.12. The zero-order valence-corrected chi connectivity index (χ0v) is 9.35. The Morgan fingerprint density at radius 1 is 1.44 bits per heavy atom. The van der Waals surface area contributed by atoms with Gasteiger partial charge >= 0.3 is 0 Å². The number of nitrogens with zero attached hydrogens (tertiary/aromatic N) is 1. The zero-order valence-electron chi connectivity index (χ0n) is 9.35. The van der Waals surface area contributed by atoms with Gasteiger partial charge in [-0.15, -0.1) is 0 Å². The SMILES string of the molecule is COc1ccc(C2=NC(CCN)CO2)cc1. The van der Waals surface area contributed by atoms with Crippen molar-refractivity contribution >= 4 is 5.90 Å². The first-order valence-electron chi connectivity index (χ1n) is 5.38. The van der Waals surface area contributed by atoms with Gasteiger partial charge in [0.05, 0.1) is 13.2 Å². The molecule has 0 amide bonds. The molecule has 1 aliphatic rings. The lowest BCUT2D eigenvalue weighted by molar-refractivity contribution is 0.313. The van der Waals surface area contributed by atoms with Gasteiger partial charge in [-0.3, -0.25) is 0 Å². The molecule has 1 heterocycles. The van der Waals surface area contributed by atoms with Crippen molar-refractivity contribution in [3.05, 3.63) is 29.8 Å². The van der Waals surface area contributed by atoms with Crippen molar-refractivity contribution in [2.45, 2.75) is 12.5 Å². The van der Waals surface area contributed by atoms with E-state index >= 15 is 0 Å². The van der Waals surface area contributed by atoms with Gasteiger partial charge in [0, 0.05) is 5.56 Å². The summed E-state index contributed by atoms with van der Waals surface area (Å²) in [5.74, 6) is 1.54. The molecule has 0 saturated heterocycles. The van der Waals surface area contributed by atoms with Crippen LogP contribution in [-0.4, -0.2) is 32.2 Å². The van der Waals surface area contributed by atoms with Crippen LogP contribution in [0, 0.1) is 0 Å². The van der Waals surface area contributed by atoms with Crippen LogP contribution in [0.3, 0.4) is 0 Å². The number of ether oxygens (including phenoxy) is 2. The molecule has 16 heavy (non-hydrogen) atoms. The molecular weight excluding hydrogens is 204 g/mol. The predicted molar refractivity (Wildman–Crippen MR) is 62.9 cm³/mol.